The second-order valence-electron chi connectivity index (χ2n) is 18.9. The Morgan fingerprint density at radius 3 is 2.26 bits per heavy atom. The number of nitrogens with zero attached hydrogens (tertiary/aromatic N) is 7. The molecule has 1 saturated carbocycles. The Kier molecular flexibility index (Phi) is 17.7. The van der Waals surface area contributed by atoms with Crippen molar-refractivity contribution in [2.24, 2.45) is 11.3 Å². The zero-order chi connectivity index (χ0) is 47.7. The SMILES string of the molecule is CCC(C(C)C)N(C=O)c1nc(NC2CCN(SC3CCN(C4CC5(CCN(c6cc(C(=O)N(C=O)C(CCC=O)C(=O)NC)c(C)cc6F)CC5)C4)CC3)CC2)ncc1/C=C(\C)C(F)F. The number of imide groups is 1. The van der Waals surface area contributed by atoms with E-state index in [0.29, 0.717) is 72.1 Å². The quantitative estimate of drug-likeness (QED) is 0.103. The van der Waals surface area contributed by atoms with E-state index in [-0.39, 0.29) is 47.4 Å². The van der Waals surface area contributed by atoms with Crippen LogP contribution >= 0.6 is 11.9 Å². The van der Waals surface area contributed by atoms with E-state index < -0.39 is 30.1 Å². The molecule has 4 amide bonds. The van der Waals surface area contributed by atoms with E-state index in [0.717, 1.165) is 88.9 Å². The molecule has 2 unspecified atom stereocenters. The van der Waals surface area contributed by atoms with Crippen LogP contribution in [0, 0.1) is 24.1 Å². The molecule has 1 aliphatic carbocycles. The zero-order valence-electron chi connectivity index (χ0n) is 39.3. The first-order chi connectivity index (χ1) is 31.6. The van der Waals surface area contributed by atoms with E-state index in [2.05, 4.69) is 24.8 Å². The predicted octanol–water partition coefficient (Wildman–Crippen LogP) is 7.12. The van der Waals surface area contributed by atoms with Crippen molar-refractivity contribution in [1.82, 2.24) is 29.4 Å². The first-order valence-corrected chi connectivity index (χ1v) is 24.5. The molecule has 3 saturated heterocycles. The molecule has 18 heteroatoms. The van der Waals surface area contributed by atoms with Crippen LogP contribution in [0.25, 0.3) is 6.08 Å². The molecule has 2 atom stereocenters. The van der Waals surface area contributed by atoms with Crippen LogP contribution < -0.4 is 20.4 Å². The van der Waals surface area contributed by atoms with E-state index in [1.165, 1.54) is 38.4 Å². The summed E-state index contributed by atoms with van der Waals surface area (Å²) in [5.74, 6) is -0.846. The number of anilines is 3. The minimum Gasteiger partial charge on any atom is -0.369 e. The van der Waals surface area contributed by atoms with Crippen LogP contribution in [0.3, 0.4) is 0 Å². The number of halogens is 3. The van der Waals surface area contributed by atoms with Gasteiger partial charge in [0.2, 0.25) is 24.7 Å². The maximum atomic E-state index is 15.5. The van der Waals surface area contributed by atoms with E-state index >= 15 is 4.39 Å². The van der Waals surface area contributed by atoms with Crippen molar-refractivity contribution in [3.63, 3.8) is 0 Å². The number of amides is 4. The monoisotopic (exact) mass is 940 g/mol. The number of aryl methyl sites for hydroxylation is 1. The van der Waals surface area contributed by atoms with Crippen molar-refractivity contribution in [1.29, 1.82) is 0 Å². The highest BCUT2D eigenvalue weighted by Gasteiger charge is 2.48. The number of likely N-dealkylation sites (tertiary alicyclic amines) is 1. The van der Waals surface area contributed by atoms with Gasteiger partial charge in [0.15, 0.2) is 0 Å². The number of piperidine rings is 3. The standard InChI is InChI=1S/C48H68F3N9O5S/c1-7-40(31(2)3)59(29-62)44-34(23-33(5)43(50)51)28-53-47(55-44)54-35-10-18-58(19-11-35)66-37-12-16-56(17-13-37)36-26-48(27-36)14-20-57(21-15-48)42-25-38(32(4)24-39(42)49)46(65)60(30-63)41(9-8-22-61)45(64)52-6/h22-25,28-31,35-37,40-41,43H,7-21,26-27H2,1-6H3,(H,52,64)(H,53,54,55)/b33-23+. The third kappa shape index (κ3) is 11.9. The van der Waals surface area contributed by atoms with Crippen molar-refractivity contribution in [2.45, 2.75) is 141 Å². The first-order valence-electron chi connectivity index (χ1n) is 23.6. The van der Waals surface area contributed by atoms with Gasteiger partial charge in [-0.3, -0.25) is 33.3 Å². The number of hydrogen-bond acceptors (Lipinski definition) is 12. The highest BCUT2D eigenvalue weighted by molar-refractivity contribution is 7.97. The molecule has 0 bridgehead atoms. The lowest BCUT2D eigenvalue weighted by atomic mass is 9.59. The van der Waals surface area contributed by atoms with Gasteiger partial charge < -0.3 is 25.2 Å². The van der Waals surface area contributed by atoms with E-state index in [9.17, 15) is 32.8 Å². The Balaban J connectivity index is 0.956. The van der Waals surface area contributed by atoms with Crippen LogP contribution in [0.4, 0.5) is 30.6 Å². The lowest BCUT2D eigenvalue weighted by molar-refractivity contribution is -0.131. The van der Waals surface area contributed by atoms with Crippen LogP contribution in [-0.4, -0.2) is 137 Å². The van der Waals surface area contributed by atoms with Gasteiger partial charge >= 0.3 is 0 Å². The summed E-state index contributed by atoms with van der Waals surface area (Å²) in [6.45, 7) is 14.3. The highest BCUT2D eigenvalue weighted by Crippen LogP contribution is 2.52. The summed E-state index contributed by atoms with van der Waals surface area (Å²) in [6.07, 6.45) is 10.8. The molecular formula is C48H68F3N9O5S. The third-order valence-electron chi connectivity index (χ3n) is 14.3. The van der Waals surface area contributed by atoms with Crippen LogP contribution in [0.5, 0.6) is 0 Å². The molecule has 1 aromatic carbocycles. The van der Waals surface area contributed by atoms with Crippen molar-refractivity contribution < 1.29 is 37.1 Å². The molecule has 0 radical (unpaired) electrons. The van der Waals surface area contributed by atoms with Gasteiger partial charge in [0.05, 0.1) is 5.69 Å². The van der Waals surface area contributed by atoms with Gasteiger partial charge in [-0.2, -0.15) is 4.98 Å². The number of carbonyl (C=O) groups is 5. The van der Waals surface area contributed by atoms with Gasteiger partial charge in [0, 0.05) is 80.3 Å². The summed E-state index contributed by atoms with van der Waals surface area (Å²) in [7, 11) is 1.40. The van der Waals surface area contributed by atoms with Crippen LogP contribution in [0.15, 0.2) is 23.9 Å². The first kappa shape index (κ1) is 50.9. The van der Waals surface area contributed by atoms with Gasteiger partial charge in [-0.05, 0) is 132 Å². The Morgan fingerprint density at radius 2 is 1.68 bits per heavy atom. The lowest BCUT2D eigenvalue weighted by Gasteiger charge is -2.56. The molecule has 4 aliphatic rings. The molecule has 3 aliphatic heterocycles. The van der Waals surface area contributed by atoms with Crippen molar-refractivity contribution >= 4 is 66.4 Å². The van der Waals surface area contributed by atoms with E-state index in [4.69, 9.17) is 4.98 Å². The van der Waals surface area contributed by atoms with E-state index in [1.54, 1.807) is 11.8 Å². The molecule has 1 spiro atoms. The lowest BCUT2D eigenvalue weighted by Crippen LogP contribution is -2.56. The molecule has 4 fully saturated rings. The Morgan fingerprint density at radius 1 is 1.00 bits per heavy atom. The number of nitrogens with one attached hydrogen (secondary N) is 2. The molecule has 4 heterocycles. The van der Waals surface area contributed by atoms with Crippen molar-refractivity contribution in [3.05, 3.63) is 46.4 Å². The Bertz CT molecular complexity index is 2050. The number of hydrogen-bond donors (Lipinski definition) is 2. The highest BCUT2D eigenvalue weighted by atomic mass is 32.2. The molecule has 2 N–H and O–H groups in total. The fourth-order valence-electron chi connectivity index (χ4n) is 10.3. The Hall–Kier alpha value is -4.55. The summed E-state index contributed by atoms with van der Waals surface area (Å²) in [6, 6.07) is 2.19. The smallest absolute Gasteiger partial charge is 0.261 e. The van der Waals surface area contributed by atoms with Crippen molar-refractivity contribution in [3.8, 4) is 0 Å². The maximum Gasteiger partial charge on any atom is 0.261 e. The topological polar surface area (TPSA) is 151 Å². The molecule has 362 valence electrons. The third-order valence-corrected chi connectivity index (χ3v) is 15.8. The fourth-order valence-corrected chi connectivity index (χ4v) is 11.6. The number of benzene rings is 1. The summed E-state index contributed by atoms with van der Waals surface area (Å²) in [5, 5.41) is 6.48. The van der Waals surface area contributed by atoms with E-state index in [1.807, 2.05) is 37.6 Å². The summed E-state index contributed by atoms with van der Waals surface area (Å²) in [4.78, 5) is 78.0. The number of aromatic nitrogens is 2. The number of alkyl halides is 2. The molecular weight excluding hydrogens is 872 g/mol. The largest absolute Gasteiger partial charge is 0.369 e. The average molecular weight is 940 g/mol. The fraction of sp³-hybridized carbons (Fsp3) is 0.646. The minimum atomic E-state index is -2.62. The second kappa shape index (κ2) is 23.0. The molecule has 2 aromatic rings. The van der Waals surface area contributed by atoms with Crippen molar-refractivity contribution in [2.75, 3.05) is 61.4 Å². The predicted molar refractivity (Wildman–Crippen MR) is 253 cm³/mol. The normalized spacial score (nSPS) is 19.9. The zero-order valence-corrected chi connectivity index (χ0v) is 40.1. The number of aldehydes is 1. The number of rotatable bonds is 20. The number of allylic oxidation sites excluding steroid dienone is 1. The summed E-state index contributed by atoms with van der Waals surface area (Å²) >= 11 is 1.98. The number of likely N-dealkylation sites (N-methyl/N-ethyl adjacent to an activating group) is 1. The number of carbonyl (C=O) groups excluding carboxylic acids is 5. The molecule has 14 nitrogen and oxygen atoms in total. The van der Waals surface area contributed by atoms with Gasteiger partial charge in [0.25, 0.3) is 12.3 Å². The molecule has 6 rings (SSSR count). The summed E-state index contributed by atoms with van der Waals surface area (Å²) in [5.41, 5.74) is 1.30. The van der Waals surface area contributed by atoms with Gasteiger partial charge in [-0.15, -0.1) is 0 Å². The maximum absolute atomic E-state index is 15.5. The van der Waals surface area contributed by atoms with Gasteiger partial charge in [0.1, 0.15) is 24.0 Å². The van der Waals surface area contributed by atoms with Gasteiger partial charge in [-0.25, -0.2) is 18.2 Å². The minimum absolute atomic E-state index is 0.00596. The average Bonchev–Trinajstić information content (AvgIpc) is 3.29. The van der Waals surface area contributed by atoms with Crippen LogP contribution in [-0.2, 0) is 19.2 Å². The van der Waals surface area contributed by atoms with Crippen LogP contribution in [0.1, 0.15) is 120 Å². The van der Waals surface area contributed by atoms with Gasteiger partial charge in [-0.1, -0.05) is 32.7 Å². The molecule has 66 heavy (non-hydrogen) atoms. The van der Waals surface area contributed by atoms with Crippen LogP contribution in [0.2, 0.25) is 0 Å². The second-order valence-corrected chi connectivity index (χ2v) is 20.3. The Labute approximate surface area is 392 Å². The molecule has 1 aromatic heterocycles. The summed E-state index contributed by atoms with van der Waals surface area (Å²) < 4.78 is 45.0.